The Kier molecular flexibility index (Phi) is 9.37. The number of piperidine rings is 2. The highest BCUT2D eigenvalue weighted by atomic mass is 35.5. The number of halogens is 1. The topological polar surface area (TPSA) is 115 Å². The van der Waals surface area contributed by atoms with Crippen molar-refractivity contribution in [2.75, 3.05) is 19.6 Å². The third-order valence-electron chi connectivity index (χ3n) is 10.6. The molecular weight excluding hydrogens is 576 g/mol. The summed E-state index contributed by atoms with van der Waals surface area (Å²) in [5, 5.41) is 5.12. The van der Waals surface area contributed by atoms with Gasteiger partial charge in [-0.25, -0.2) is 9.97 Å². The normalized spacial score (nSPS) is 23.4. The molecule has 236 valence electrons. The number of hydrogen-bond acceptors (Lipinski definition) is 6. The quantitative estimate of drug-likeness (QED) is 0.401. The lowest BCUT2D eigenvalue weighted by Gasteiger charge is -2.49. The van der Waals surface area contributed by atoms with Gasteiger partial charge in [-0.15, -0.1) is 0 Å². The monoisotopic (exact) mass is 620 g/mol. The largest absolute Gasteiger partial charge is 0.342 e. The smallest absolute Gasteiger partial charge is 0.290 e. The predicted octanol–water partition coefficient (Wildman–Crippen LogP) is 4.35. The van der Waals surface area contributed by atoms with Crippen LogP contribution in [0.3, 0.4) is 0 Å². The van der Waals surface area contributed by atoms with Crippen molar-refractivity contribution in [2.24, 2.45) is 30.0 Å². The molecule has 1 saturated carbocycles. The molecule has 1 aromatic carbocycles. The molecule has 2 N–H and O–H groups in total. The van der Waals surface area contributed by atoms with Gasteiger partial charge in [0.2, 0.25) is 5.91 Å². The Bertz CT molecular complexity index is 1390. The first-order chi connectivity index (χ1) is 21.3. The van der Waals surface area contributed by atoms with Gasteiger partial charge in [0.25, 0.3) is 5.91 Å². The van der Waals surface area contributed by atoms with Crippen LogP contribution >= 0.6 is 11.6 Å². The van der Waals surface area contributed by atoms with Gasteiger partial charge in [0.15, 0.2) is 5.82 Å². The fourth-order valence-corrected chi connectivity index (χ4v) is 8.20. The van der Waals surface area contributed by atoms with Crippen LogP contribution in [0.2, 0.25) is 5.02 Å². The van der Waals surface area contributed by atoms with Gasteiger partial charge in [0.05, 0.1) is 5.92 Å². The molecule has 10 nitrogen and oxygen atoms in total. The molecule has 2 unspecified atom stereocenters. The van der Waals surface area contributed by atoms with Crippen LogP contribution in [0, 0.1) is 17.3 Å². The summed E-state index contributed by atoms with van der Waals surface area (Å²) in [7, 11) is 1.83. The average molecular weight is 621 g/mol. The van der Waals surface area contributed by atoms with Crippen molar-refractivity contribution in [3.63, 3.8) is 0 Å². The summed E-state index contributed by atoms with van der Waals surface area (Å²) in [6, 6.07) is 7.30. The van der Waals surface area contributed by atoms with Crippen LogP contribution in [0.15, 0.2) is 49.3 Å². The molecule has 0 radical (unpaired) electrons. The van der Waals surface area contributed by atoms with E-state index in [4.69, 9.17) is 17.3 Å². The third kappa shape index (κ3) is 6.56. The average Bonchev–Trinajstić information content (AvgIpc) is 3.72. The summed E-state index contributed by atoms with van der Waals surface area (Å²) in [6.45, 7) is 2.75. The van der Waals surface area contributed by atoms with Crippen LogP contribution in [0.1, 0.15) is 74.0 Å². The Morgan fingerprint density at radius 3 is 2.48 bits per heavy atom. The predicted molar refractivity (Wildman–Crippen MR) is 169 cm³/mol. The maximum atomic E-state index is 14.7. The number of nitrogens with two attached hydrogens (primary N) is 1. The zero-order valence-corrected chi connectivity index (χ0v) is 26.5. The van der Waals surface area contributed by atoms with Crippen LogP contribution < -0.4 is 5.73 Å². The van der Waals surface area contributed by atoms with E-state index in [-0.39, 0.29) is 29.3 Å². The second kappa shape index (κ2) is 13.4. The zero-order chi connectivity index (χ0) is 30.7. The van der Waals surface area contributed by atoms with Gasteiger partial charge in [-0.3, -0.25) is 14.3 Å². The summed E-state index contributed by atoms with van der Waals surface area (Å²) in [6.07, 6.45) is 16.9. The Morgan fingerprint density at radius 2 is 1.82 bits per heavy atom. The molecule has 11 heteroatoms. The summed E-state index contributed by atoms with van der Waals surface area (Å²) in [4.78, 5) is 41.0. The number of likely N-dealkylation sites (tertiary alicyclic amines) is 2. The van der Waals surface area contributed by atoms with Crippen molar-refractivity contribution in [3.8, 4) is 0 Å². The van der Waals surface area contributed by atoms with E-state index in [1.54, 1.807) is 23.3 Å². The van der Waals surface area contributed by atoms with Gasteiger partial charge in [-0.1, -0.05) is 43.0 Å². The summed E-state index contributed by atoms with van der Waals surface area (Å²) in [5.74, 6) is 0.543. The fraction of sp³-hybridized carbons (Fsp3) is 0.606. The first-order valence-electron chi connectivity index (χ1n) is 16.2. The molecule has 6 rings (SSSR count). The molecule has 4 heterocycles. The van der Waals surface area contributed by atoms with Crippen LogP contribution in [-0.4, -0.2) is 77.6 Å². The summed E-state index contributed by atoms with van der Waals surface area (Å²) >= 11 is 6.21. The van der Waals surface area contributed by atoms with Crippen molar-refractivity contribution in [1.82, 2.24) is 34.1 Å². The van der Waals surface area contributed by atoms with Gasteiger partial charge in [-0.05, 0) is 74.0 Å². The summed E-state index contributed by atoms with van der Waals surface area (Å²) in [5.41, 5.74) is 7.66. The standard InChI is InChI=1S/C33H45ClN8O2/c1-39-18-14-37-30(39)32(44)42-15-11-27(35)20-29(42)28(19-24-7-9-26(34)10-8-24)31(43)40-16-12-33(13-17-40,21-41-23-36-22-38-41)25-5-3-2-4-6-25/h7-10,14,18,22-23,25,27-29H,2-6,11-13,15-17,19-21,35H2,1H3/t27?,28-,29?/m1/s1. The van der Waals surface area contributed by atoms with E-state index >= 15 is 0 Å². The number of carbonyl (C=O) groups is 2. The number of carbonyl (C=O) groups excluding carboxylic acids is 2. The Balaban J connectivity index is 1.27. The second-order valence-corrected chi connectivity index (χ2v) is 13.7. The molecule has 1 aliphatic carbocycles. The number of aromatic nitrogens is 5. The number of benzene rings is 1. The molecule has 2 aromatic heterocycles. The van der Waals surface area contributed by atoms with Gasteiger partial charge in [0, 0.05) is 62.7 Å². The van der Waals surface area contributed by atoms with Crippen molar-refractivity contribution in [3.05, 3.63) is 65.7 Å². The number of hydrogen-bond donors (Lipinski definition) is 1. The lowest BCUT2D eigenvalue weighted by molar-refractivity contribution is -0.141. The number of imidazole rings is 1. The van der Waals surface area contributed by atoms with Crippen LogP contribution in [0.5, 0.6) is 0 Å². The first-order valence-corrected chi connectivity index (χ1v) is 16.6. The third-order valence-corrected chi connectivity index (χ3v) is 10.8. The van der Waals surface area contributed by atoms with E-state index in [9.17, 15) is 9.59 Å². The number of rotatable bonds is 8. The zero-order valence-electron chi connectivity index (χ0n) is 25.7. The fourth-order valence-electron chi connectivity index (χ4n) is 8.08. The second-order valence-electron chi connectivity index (χ2n) is 13.3. The van der Waals surface area contributed by atoms with E-state index < -0.39 is 5.92 Å². The van der Waals surface area contributed by atoms with E-state index in [1.807, 2.05) is 47.2 Å². The number of aryl methyl sites for hydroxylation is 1. The highest BCUT2D eigenvalue weighted by Crippen LogP contribution is 2.47. The van der Waals surface area contributed by atoms with Gasteiger partial charge >= 0.3 is 0 Å². The van der Waals surface area contributed by atoms with E-state index in [0.29, 0.717) is 55.7 Å². The minimum absolute atomic E-state index is 0.0751. The Hall–Kier alpha value is -3.24. The van der Waals surface area contributed by atoms with E-state index in [2.05, 4.69) is 20.0 Å². The van der Waals surface area contributed by atoms with E-state index in [0.717, 1.165) is 24.9 Å². The molecule has 44 heavy (non-hydrogen) atoms. The molecule has 2 amide bonds. The molecule has 3 aliphatic rings. The minimum atomic E-state index is -0.427. The number of nitrogens with zero attached hydrogens (tertiary/aromatic N) is 7. The maximum absolute atomic E-state index is 14.7. The van der Waals surface area contributed by atoms with E-state index in [1.165, 1.54) is 32.1 Å². The Morgan fingerprint density at radius 1 is 1.07 bits per heavy atom. The molecule has 3 aromatic rings. The molecule has 2 saturated heterocycles. The molecule has 0 bridgehead atoms. The highest BCUT2D eigenvalue weighted by molar-refractivity contribution is 6.30. The van der Waals surface area contributed by atoms with Crippen molar-refractivity contribution >= 4 is 23.4 Å². The Labute approximate surface area is 265 Å². The number of amides is 2. The maximum Gasteiger partial charge on any atom is 0.290 e. The molecule has 2 aliphatic heterocycles. The molecule has 3 atom stereocenters. The summed E-state index contributed by atoms with van der Waals surface area (Å²) < 4.78 is 3.73. The SMILES string of the molecule is Cn1ccnc1C(=O)N1CCC(N)CC1[C@@H](Cc1ccc(Cl)cc1)C(=O)N1CCC(Cn2cncn2)(C2CCCCC2)CC1. The first kappa shape index (κ1) is 30.8. The van der Waals surface area contributed by atoms with Crippen LogP contribution in [0.25, 0.3) is 0 Å². The van der Waals surface area contributed by atoms with Gasteiger partial charge in [0.1, 0.15) is 12.7 Å². The molecule has 0 spiro atoms. The van der Waals surface area contributed by atoms with Crippen molar-refractivity contribution < 1.29 is 9.59 Å². The van der Waals surface area contributed by atoms with Crippen LogP contribution in [-0.2, 0) is 24.8 Å². The van der Waals surface area contributed by atoms with Crippen molar-refractivity contribution in [1.29, 1.82) is 0 Å². The lowest BCUT2D eigenvalue weighted by atomic mass is 9.63. The minimum Gasteiger partial charge on any atom is -0.342 e. The van der Waals surface area contributed by atoms with Crippen LogP contribution in [0.4, 0.5) is 0 Å². The molecular formula is C33H45ClN8O2. The van der Waals surface area contributed by atoms with Crippen molar-refractivity contribution in [2.45, 2.75) is 82.8 Å². The van der Waals surface area contributed by atoms with Gasteiger partial charge < -0.3 is 20.1 Å². The van der Waals surface area contributed by atoms with Gasteiger partial charge in [-0.2, -0.15) is 5.10 Å². The lowest BCUT2D eigenvalue weighted by Crippen LogP contribution is -2.58. The molecule has 3 fully saturated rings. The highest BCUT2D eigenvalue weighted by Gasteiger charge is 2.46.